The van der Waals surface area contributed by atoms with E-state index in [1.807, 2.05) is 30.3 Å². The van der Waals surface area contributed by atoms with E-state index < -0.39 is 27.8 Å². The van der Waals surface area contributed by atoms with Gasteiger partial charge in [0.2, 0.25) is 15.9 Å². The fraction of sp³-hybridized carbons (Fsp3) is 0.136. The minimum absolute atomic E-state index is 0.113. The van der Waals surface area contributed by atoms with Crippen molar-refractivity contribution in [2.45, 2.75) is 24.3 Å². The van der Waals surface area contributed by atoms with Gasteiger partial charge in [-0.3, -0.25) is 4.79 Å². The summed E-state index contributed by atoms with van der Waals surface area (Å²) in [4.78, 5) is 12.4. The Morgan fingerprint density at radius 2 is 1.53 bits per heavy atom. The number of amides is 1. The Morgan fingerprint density at radius 1 is 0.933 bits per heavy atom. The van der Waals surface area contributed by atoms with Crippen LogP contribution in [-0.2, 0) is 14.8 Å². The number of benzene rings is 3. The molecular weight excluding hydrogens is 407 g/mol. The smallest absolute Gasteiger partial charge is 0.242 e. The first-order valence-corrected chi connectivity index (χ1v) is 10.8. The van der Waals surface area contributed by atoms with Crippen LogP contribution in [0.2, 0.25) is 0 Å². The lowest BCUT2D eigenvalue weighted by Crippen LogP contribution is -2.43. The van der Waals surface area contributed by atoms with Crippen LogP contribution in [0.3, 0.4) is 0 Å². The standard InChI is InChI=1S/C22H21FN2O4S/c1-2-21(25-30(27,28)20-14-8-16(23)9-15-20)22(26)24-17-10-12-19(13-11-17)29-18-6-4-3-5-7-18/h3-15,21,25H,2H2,1H3,(H,24,26). The molecule has 0 bridgehead atoms. The molecule has 1 amide bonds. The highest BCUT2D eigenvalue weighted by Gasteiger charge is 2.24. The molecule has 0 radical (unpaired) electrons. The monoisotopic (exact) mass is 428 g/mol. The molecule has 6 nitrogen and oxygen atoms in total. The number of rotatable bonds is 8. The third-order valence-corrected chi connectivity index (χ3v) is 5.73. The Balaban J connectivity index is 1.64. The molecule has 3 aromatic carbocycles. The maximum Gasteiger partial charge on any atom is 0.242 e. The summed E-state index contributed by atoms with van der Waals surface area (Å²) in [6, 6.07) is 19.4. The van der Waals surface area contributed by atoms with Crippen LogP contribution < -0.4 is 14.8 Å². The van der Waals surface area contributed by atoms with E-state index >= 15 is 0 Å². The fourth-order valence-electron chi connectivity index (χ4n) is 2.65. The number of hydrogen-bond acceptors (Lipinski definition) is 4. The molecule has 1 atom stereocenters. The summed E-state index contributed by atoms with van der Waals surface area (Å²) in [5.74, 6) is 0.247. The number of ether oxygens (including phenoxy) is 1. The minimum Gasteiger partial charge on any atom is -0.457 e. The van der Waals surface area contributed by atoms with Crippen molar-refractivity contribution >= 4 is 21.6 Å². The second-order valence-electron chi connectivity index (χ2n) is 6.46. The minimum atomic E-state index is -3.96. The maximum atomic E-state index is 13.0. The van der Waals surface area contributed by atoms with Crippen LogP contribution in [0.15, 0.2) is 83.8 Å². The lowest BCUT2D eigenvalue weighted by atomic mass is 10.2. The zero-order valence-corrected chi connectivity index (χ0v) is 17.0. The van der Waals surface area contributed by atoms with E-state index in [0.29, 0.717) is 17.2 Å². The molecule has 2 N–H and O–H groups in total. The Bertz CT molecular complexity index is 1090. The molecular formula is C22H21FN2O4S. The average Bonchev–Trinajstić information content (AvgIpc) is 2.74. The van der Waals surface area contributed by atoms with Gasteiger partial charge in [0.1, 0.15) is 23.4 Å². The van der Waals surface area contributed by atoms with Gasteiger partial charge in [-0.15, -0.1) is 0 Å². The highest BCUT2D eigenvalue weighted by molar-refractivity contribution is 7.89. The van der Waals surface area contributed by atoms with Gasteiger partial charge in [0.25, 0.3) is 0 Å². The fourth-order valence-corrected chi connectivity index (χ4v) is 3.93. The molecule has 0 aliphatic rings. The molecule has 0 aliphatic carbocycles. The molecule has 8 heteroatoms. The lowest BCUT2D eigenvalue weighted by molar-refractivity contribution is -0.117. The van der Waals surface area contributed by atoms with Gasteiger partial charge in [-0.2, -0.15) is 4.72 Å². The van der Waals surface area contributed by atoms with Gasteiger partial charge in [0.15, 0.2) is 0 Å². The molecule has 1 unspecified atom stereocenters. The van der Waals surface area contributed by atoms with Crippen LogP contribution in [0.25, 0.3) is 0 Å². The van der Waals surface area contributed by atoms with Crippen LogP contribution in [0.4, 0.5) is 10.1 Å². The number of hydrogen-bond donors (Lipinski definition) is 2. The summed E-state index contributed by atoms with van der Waals surface area (Å²) >= 11 is 0. The van der Waals surface area contributed by atoms with E-state index in [-0.39, 0.29) is 11.3 Å². The van der Waals surface area contributed by atoms with E-state index in [1.165, 1.54) is 0 Å². The third kappa shape index (κ3) is 5.65. The largest absolute Gasteiger partial charge is 0.457 e. The molecule has 0 aliphatic heterocycles. The predicted octanol–water partition coefficient (Wildman–Crippen LogP) is 4.31. The van der Waals surface area contributed by atoms with Gasteiger partial charge < -0.3 is 10.1 Å². The highest BCUT2D eigenvalue weighted by atomic mass is 32.2. The van der Waals surface area contributed by atoms with Crippen molar-refractivity contribution in [2.75, 3.05) is 5.32 Å². The summed E-state index contributed by atoms with van der Waals surface area (Å²) in [6.07, 6.45) is 0.238. The van der Waals surface area contributed by atoms with Crippen LogP contribution in [0, 0.1) is 5.82 Å². The normalized spacial score (nSPS) is 12.2. The van der Waals surface area contributed by atoms with E-state index in [2.05, 4.69) is 10.0 Å². The number of carbonyl (C=O) groups excluding carboxylic acids is 1. The summed E-state index contributed by atoms with van der Waals surface area (Å²) < 4.78 is 46.0. The van der Waals surface area contributed by atoms with E-state index in [0.717, 1.165) is 24.3 Å². The van der Waals surface area contributed by atoms with Gasteiger partial charge in [-0.25, -0.2) is 12.8 Å². The van der Waals surface area contributed by atoms with Gasteiger partial charge in [0, 0.05) is 5.69 Å². The Labute approximate surface area is 174 Å². The zero-order chi connectivity index (χ0) is 21.6. The Morgan fingerprint density at radius 3 is 2.13 bits per heavy atom. The molecule has 0 spiro atoms. The SMILES string of the molecule is CCC(NS(=O)(=O)c1ccc(F)cc1)C(=O)Nc1ccc(Oc2ccccc2)cc1. The second-order valence-corrected chi connectivity index (χ2v) is 8.18. The predicted molar refractivity (Wildman–Crippen MR) is 112 cm³/mol. The number of anilines is 1. The van der Waals surface area contributed by atoms with Crippen LogP contribution in [0.5, 0.6) is 11.5 Å². The summed E-state index contributed by atoms with van der Waals surface area (Å²) in [7, 11) is -3.96. The van der Waals surface area contributed by atoms with Crippen molar-refractivity contribution in [1.29, 1.82) is 0 Å². The molecule has 0 fully saturated rings. The maximum absolute atomic E-state index is 13.0. The first-order valence-electron chi connectivity index (χ1n) is 9.29. The van der Waals surface area contributed by atoms with E-state index in [1.54, 1.807) is 31.2 Å². The van der Waals surface area contributed by atoms with E-state index in [4.69, 9.17) is 4.74 Å². The summed E-state index contributed by atoms with van der Waals surface area (Å²) in [5, 5.41) is 2.69. The van der Waals surface area contributed by atoms with Crippen molar-refractivity contribution in [3.05, 3.63) is 84.7 Å². The van der Waals surface area contributed by atoms with E-state index in [9.17, 15) is 17.6 Å². The van der Waals surface area contributed by atoms with Crippen molar-refractivity contribution in [2.24, 2.45) is 0 Å². The highest BCUT2D eigenvalue weighted by Crippen LogP contribution is 2.23. The van der Waals surface area contributed by atoms with Crippen LogP contribution in [0.1, 0.15) is 13.3 Å². The Kier molecular flexibility index (Phi) is 6.81. The van der Waals surface area contributed by atoms with Crippen molar-refractivity contribution in [3.63, 3.8) is 0 Å². The number of nitrogens with one attached hydrogen (secondary N) is 2. The number of para-hydroxylation sites is 1. The van der Waals surface area contributed by atoms with Gasteiger partial charge in [0.05, 0.1) is 4.90 Å². The van der Waals surface area contributed by atoms with Crippen molar-refractivity contribution in [1.82, 2.24) is 4.72 Å². The average molecular weight is 428 g/mol. The molecule has 30 heavy (non-hydrogen) atoms. The number of carbonyl (C=O) groups is 1. The number of halogens is 1. The van der Waals surface area contributed by atoms with Gasteiger partial charge in [-0.1, -0.05) is 25.1 Å². The molecule has 156 valence electrons. The zero-order valence-electron chi connectivity index (χ0n) is 16.2. The summed E-state index contributed by atoms with van der Waals surface area (Å²) in [5.41, 5.74) is 0.500. The lowest BCUT2D eigenvalue weighted by Gasteiger charge is -2.17. The first kappa shape index (κ1) is 21.5. The second kappa shape index (κ2) is 9.51. The van der Waals surface area contributed by atoms with Crippen molar-refractivity contribution < 1.29 is 22.3 Å². The molecule has 3 aromatic rings. The molecule has 3 rings (SSSR count). The van der Waals surface area contributed by atoms with Gasteiger partial charge in [-0.05, 0) is 67.1 Å². The topological polar surface area (TPSA) is 84.5 Å². The van der Waals surface area contributed by atoms with Crippen LogP contribution >= 0.6 is 0 Å². The van der Waals surface area contributed by atoms with Gasteiger partial charge >= 0.3 is 0 Å². The molecule has 0 aromatic heterocycles. The van der Waals surface area contributed by atoms with Crippen LogP contribution in [-0.4, -0.2) is 20.4 Å². The molecule has 0 heterocycles. The molecule has 0 saturated carbocycles. The molecule has 0 saturated heterocycles. The third-order valence-electron chi connectivity index (χ3n) is 4.25. The Hall–Kier alpha value is -3.23. The van der Waals surface area contributed by atoms with Crippen molar-refractivity contribution in [3.8, 4) is 11.5 Å². The first-order chi connectivity index (χ1) is 14.4. The summed E-state index contributed by atoms with van der Waals surface area (Å²) in [6.45, 7) is 1.69. The quantitative estimate of drug-likeness (QED) is 0.560. The number of sulfonamides is 1.